The number of rotatable bonds is 14. The first-order chi connectivity index (χ1) is 12.7. The van der Waals surface area contributed by atoms with Gasteiger partial charge in [0.25, 0.3) is 0 Å². The predicted octanol–water partition coefficient (Wildman–Crippen LogP) is 6.52. The molecule has 0 bridgehead atoms. The van der Waals surface area contributed by atoms with E-state index < -0.39 is 0 Å². The Morgan fingerprint density at radius 2 is 1.50 bits per heavy atom. The van der Waals surface area contributed by atoms with Gasteiger partial charge < -0.3 is 4.74 Å². The first-order valence-electron chi connectivity index (χ1n) is 10.7. The van der Waals surface area contributed by atoms with E-state index in [4.69, 9.17) is 4.74 Å². The van der Waals surface area contributed by atoms with Gasteiger partial charge in [0.1, 0.15) is 5.52 Å². The lowest BCUT2D eigenvalue weighted by atomic mass is 10.1. The second-order valence-electron chi connectivity index (χ2n) is 7.71. The highest BCUT2D eigenvalue weighted by molar-refractivity contribution is 5.73. The minimum Gasteiger partial charge on any atom is -0.356 e. The summed E-state index contributed by atoms with van der Waals surface area (Å²) in [6.07, 6.45) is 13.4. The fourth-order valence-corrected chi connectivity index (χ4v) is 3.41. The van der Waals surface area contributed by atoms with Crippen LogP contribution in [0.5, 0.6) is 0 Å². The van der Waals surface area contributed by atoms with Gasteiger partial charge in [-0.05, 0) is 18.6 Å². The standard InChI is InChI=1S/C22H37N3O/c1-4-5-6-7-8-9-10-11-12-15-18-26-22(19(2)3)25-21-17-14-13-16-20(21)23-24-25/h13-14,16-17,19,22H,4-12,15,18H2,1-3H3/t22-/m0/s1. The molecule has 2 rings (SSSR count). The maximum absolute atomic E-state index is 6.19. The van der Waals surface area contributed by atoms with Gasteiger partial charge in [0.05, 0.1) is 5.52 Å². The van der Waals surface area contributed by atoms with E-state index in [-0.39, 0.29) is 6.23 Å². The molecular weight excluding hydrogens is 322 g/mol. The van der Waals surface area contributed by atoms with Crippen LogP contribution in [0.1, 0.15) is 91.2 Å². The SMILES string of the molecule is CCCCCCCCCCCCO[C@@H](C(C)C)n1nnc2ccccc21. The zero-order chi connectivity index (χ0) is 18.6. The highest BCUT2D eigenvalue weighted by Gasteiger charge is 2.19. The number of nitrogens with zero attached hydrogens (tertiary/aromatic N) is 3. The van der Waals surface area contributed by atoms with Gasteiger partial charge in [-0.2, -0.15) is 0 Å². The number of unbranched alkanes of at least 4 members (excludes halogenated alkanes) is 9. The summed E-state index contributed by atoms with van der Waals surface area (Å²) in [5.41, 5.74) is 1.98. The highest BCUT2D eigenvalue weighted by Crippen LogP contribution is 2.23. The minimum absolute atomic E-state index is 0.0408. The number of ether oxygens (including phenoxy) is 1. The van der Waals surface area contributed by atoms with Gasteiger partial charge in [-0.15, -0.1) is 5.10 Å². The molecule has 0 radical (unpaired) electrons. The van der Waals surface area contributed by atoms with Gasteiger partial charge in [-0.25, -0.2) is 4.68 Å². The maximum Gasteiger partial charge on any atom is 0.154 e. The predicted molar refractivity (Wildman–Crippen MR) is 109 cm³/mol. The van der Waals surface area contributed by atoms with Gasteiger partial charge in [0.15, 0.2) is 6.23 Å². The fourth-order valence-electron chi connectivity index (χ4n) is 3.41. The Bertz CT molecular complexity index is 608. The molecule has 26 heavy (non-hydrogen) atoms. The molecular formula is C22H37N3O. The number of fused-ring (bicyclic) bond motifs is 1. The molecule has 1 atom stereocenters. The molecule has 0 spiro atoms. The molecule has 0 N–H and O–H groups in total. The van der Waals surface area contributed by atoms with Gasteiger partial charge in [0.2, 0.25) is 0 Å². The van der Waals surface area contributed by atoms with Crippen LogP contribution in [0.3, 0.4) is 0 Å². The number of hydrogen-bond donors (Lipinski definition) is 0. The normalized spacial score (nSPS) is 12.9. The van der Waals surface area contributed by atoms with Crippen LogP contribution in [0.15, 0.2) is 24.3 Å². The fraction of sp³-hybridized carbons (Fsp3) is 0.727. The van der Waals surface area contributed by atoms with Crippen molar-refractivity contribution in [2.24, 2.45) is 5.92 Å². The summed E-state index contributed by atoms with van der Waals surface area (Å²) in [4.78, 5) is 0. The van der Waals surface area contributed by atoms with Crippen molar-refractivity contribution >= 4 is 11.0 Å². The van der Waals surface area contributed by atoms with Crippen molar-refractivity contribution in [1.82, 2.24) is 15.0 Å². The molecule has 2 aromatic rings. The number of hydrogen-bond acceptors (Lipinski definition) is 3. The third-order valence-corrected chi connectivity index (χ3v) is 4.98. The van der Waals surface area contributed by atoms with Crippen LogP contribution in [0.4, 0.5) is 0 Å². The third-order valence-electron chi connectivity index (χ3n) is 4.98. The molecule has 1 heterocycles. The molecule has 0 saturated heterocycles. The molecule has 0 aliphatic rings. The van der Waals surface area contributed by atoms with Crippen molar-refractivity contribution in [2.45, 2.75) is 91.2 Å². The molecule has 146 valence electrons. The lowest BCUT2D eigenvalue weighted by Gasteiger charge is -2.22. The van der Waals surface area contributed by atoms with E-state index in [0.717, 1.165) is 24.1 Å². The molecule has 0 fully saturated rings. The summed E-state index contributed by atoms with van der Waals surface area (Å²) in [6, 6.07) is 8.09. The van der Waals surface area contributed by atoms with Crippen molar-refractivity contribution < 1.29 is 4.74 Å². The summed E-state index contributed by atoms with van der Waals surface area (Å²) in [7, 11) is 0. The van der Waals surface area contributed by atoms with E-state index >= 15 is 0 Å². The first kappa shape index (κ1) is 20.9. The summed E-state index contributed by atoms with van der Waals surface area (Å²) in [6.45, 7) is 7.43. The summed E-state index contributed by atoms with van der Waals surface area (Å²) >= 11 is 0. The van der Waals surface area contributed by atoms with Crippen molar-refractivity contribution in [2.75, 3.05) is 6.61 Å². The van der Waals surface area contributed by atoms with Crippen molar-refractivity contribution in [1.29, 1.82) is 0 Å². The molecule has 4 nitrogen and oxygen atoms in total. The van der Waals surface area contributed by atoms with E-state index in [1.54, 1.807) is 0 Å². The van der Waals surface area contributed by atoms with Crippen molar-refractivity contribution in [3.63, 3.8) is 0 Å². The maximum atomic E-state index is 6.19. The Hall–Kier alpha value is -1.42. The molecule has 0 amide bonds. The molecule has 0 aliphatic carbocycles. The van der Waals surface area contributed by atoms with Crippen LogP contribution in [-0.2, 0) is 4.74 Å². The van der Waals surface area contributed by atoms with E-state index in [1.807, 2.05) is 22.9 Å². The first-order valence-corrected chi connectivity index (χ1v) is 10.7. The smallest absolute Gasteiger partial charge is 0.154 e. The summed E-state index contributed by atoms with van der Waals surface area (Å²) < 4.78 is 8.13. The second-order valence-corrected chi connectivity index (χ2v) is 7.71. The van der Waals surface area contributed by atoms with E-state index in [1.165, 1.54) is 57.8 Å². The summed E-state index contributed by atoms with van der Waals surface area (Å²) in [5, 5.41) is 8.59. The van der Waals surface area contributed by atoms with Crippen molar-refractivity contribution in [3.05, 3.63) is 24.3 Å². The zero-order valence-corrected chi connectivity index (χ0v) is 17.0. The molecule has 0 aliphatic heterocycles. The van der Waals surface area contributed by atoms with E-state index in [9.17, 15) is 0 Å². The Morgan fingerprint density at radius 1 is 0.885 bits per heavy atom. The van der Waals surface area contributed by atoms with Crippen LogP contribution < -0.4 is 0 Å². The van der Waals surface area contributed by atoms with Crippen molar-refractivity contribution in [3.8, 4) is 0 Å². The van der Waals surface area contributed by atoms with E-state index in [2.05, 4.69) is 37.1 Å². The van der Waals surface area contributed by atoms with Crippen LogP contribution in [0.25, 0.3) is 11.0 Å². The Morgan fingerprint density at radius 3 is 2.15 bits per heavy atom. The molecule has 0 saturated carbocycles. The van der Waals surface area contributed by atoms with Gasteiger partial charge in [-0.3, -0.25) is 0 Å². The van der Waals surface area contributed by atoms with Gasteiger partial charge in [0, 0.05) is 12.5 Å². The monoisotopic (exact) mass is 359 g/mol. The van der Waals surface area contributed by atoms with E-state index in [0.29, 0.717) is 5.92 Å². The average molecular weight is 360 g/mol. The quantitative estimate of drug-likeness (QED) is 0.360. The van der Waals surface area contributed by atoms with Gasteiger partial charge in [-0.1, -0.05) is 95.9 Å². The molecule has 1 aromatic heterocycles. The Labute approximate surface area is 159 Å². The Kier molecular flexibility index (Phi) is 9.68. The minimum atomic E-state index is -0.0408. The van der Waals surface area contributed by atoms with Gasteiger partial charge >= 0.3 is 0 Å². The highest BCUT2D eigenvalue weighted by atomic mass is 16.5. The van der Waals surface area contributed by atoms with Crippen LogP contribution in [0, 0.1) is 5.92 Å². The number of benzene rings is 1. The topological polar surface area (TPSA) is 39.9 Å². The summed E-state index contributed by atoms with van der Waals surface area (Å²) in [5.74, 6) is 0.364. The third kappa shape index (κ3) is 6.71. The lowest BCUT2D eigenvalue weighted by Crippen LogP contribution is -2.20. The zero-order valence-electron chi connectivity index (χ0n) is 17.0. The van der Waals surface area contributed by atoms with Crippen LogP contribution in [-0.4, -0.2) is 21.6 Å². The number of para-hydroxylation sites is 1. The molecule has 4 heteroatoms. The Balaban J connectivity index is 1.64. The van der Waals surface area contributed by atoms with Crippen LogP contribution >= 0.6 is 0 Å². The van der Waals surface area contributed by atoms with Crippen LogP contribution in [0.2, 0.25) is 0 Å². The second kappa shape index (κ2) is 12.1. The lowest BCUT2D eigenvalue weighted by molar-refractivity contribution is -0.0373. The largest absolute Gasteiger partial charge is 0.356 e. The number of aromatic nitrogens is 3. The molecule has 1 aromatic carbocycles. The molecule has 0 unspecified atom stereocenters. The average Bonchev–Trinajstić information content (AvgIpc) is 3.06.